The maximum atomic E-state index is 11.4. The largest absolute Gasteiger partial charge is 0.383 e. The van der Waals surface area contributed by atoms with Crippen molar-refractivity contribution in [1.82, 2.24) is 5.32 Å². The van der Waals surface area contributed by atoms with Crippen LogP contribution in [0.1, 0.15) is 12.5 Å². The van der Waals surface area contributed by atoms with Crippen molar-refractivity contribution in [3.8, 4) is 0 Å². The molecule has 0 bridgehead atoms. The molecule has 1 atom stereocenters. The zero-order valence-corrected chi connectivity index (χ0v) is 17.7. The van der Waals surface area contributed by atoms with Crippen LogP contribution < -0.4 is 5.32 Å². The molecular weight excluding hydrogens is 386 g/mol. The number of rotatable bonds is 8. The van der Waals surface area contributed by atoms with Gasteiger partial charge in [-0.1, -0.05) is 54.6 Å². The first kappa shape index (κ1) is 20.0. The fraction of sp³-hybridized carbons (Fsp3) is 0.304. The van der Waals surface area contributed by atoms with Crippen molar-refractivity contribution in [1.29, 1.82) is 0 Å². The van der Waals surface area contributed by atoms with Gasteiger partial charge in [0.1, 0.15) is 0 Å². The molecular formula is C23H25NO4S. The predicted octanol–water partition coefficient (Wildman–Crippen LogP) is 4.05. The minimum Gasteiger partial charge on any atom is -0.383 e. The van der Waals surface area contributed by atoms with Crippen molar-refractivity contribution in [2.45, 2.75) is 19.0 Å². The number of methoxy groups -OCH3 is 1. The molecule has 0 saturated heterocycles. The molecule has 0 aliphatic heterocycles. The van der Waals surface area contributed by atoms with E-state index in [0.717, 1.165) is 11.8 Å². The minimum atomic E-state index is -3.52. The molecule has 0 saturated carbocycles. The van der Waals surface area contributed by atoms with E-state index in [1.165, 1.54) is 32.3 Å². The molecule has 4 rings (SSSR count). The van der Waals surface area contributed by atoms with Gasteiger partial charge in [0.2, 0.25) is 0 Å². The Bertz CT molecular complexity index is 1250. The molecule has 4 aromatic carbocycles. The second-order valence-corrected chi connectivity index (χ2v) is 9.54. The summed E-state index contributed by atoms with van der Waals surface area (Å²) in [7, 11) is -1.93. The van der Waals surface area contributed by atoms with Crippen molar-refractivity contribution in [3.05, 3.63) is 60.2 Å². The predicted molar refractivity (Wildman–Crippen MR) is 118 cm³/mol. The first-order valence-electron chi connectivity index (χ1n) is 9.53. The summed E-state index contributed by atoms with van der Waals surface area (Å²) in [5, 5.41) is 10.9. The molecule has 29 heavy (non-hydrogen) atoms. The van der Waals surface area contributed by atoms with E-state index in [0.29, 0.717) is 13.2 Å². The standard InChI is InChI=1S/C23H25NO4S/c1-23(14-27-2,15-28-29(3,25)26)24-13-19-10-9-18-8-7-16-5-4-6-17-11-12-20(19)22(18)21(16)17/h4-12,24H,13-15H2,1-3H3. The lowest BCUT2D eigenvalue weighted by Crippen LogP contribution is -2.50. The van der Waals surface area contributed by atoms with Gasteiger partial charge in [-0.2, -0.15) is 8.42 Å². The van der Waals surface area contributed by atoms with Gasteiger partial charge in [0.05, 0.1) is 25.0 Å². The van der Waals surface area contributed by atoms with E-state index in [9.17, 15) is 8.42 Å². The Balaban J connectivity index is 1.70. The summed E-state index contributed by atoms with van der Waals surface area (Å²) in [6, 6.07) is 19.3. The maximum Gasteiger partial charge on any atom is 0.264 e. The zero-order valence-electron chi connectivity index (χ0n) is 16.9. The van der Waals surface area contributed by atoms with Gasteiger partial charge in [-0.25, -0.2) is 0 Å². The summed E-state index contributed by atoms with van der Waals surface area (Å²) >= 11 is 0. The van der Waals surface area contributed by atoms with Crippen LogP contribution in [0, 0.1) is 0 Å². The summed E-state index contributed by atoms with van der Waals surface area (Å²) in [5.41, 5.74) is 0.513. The Kier molecular flexibility index (Phi) is 5.21. The van der Waals surface area contributed by atoms with E-state index >= 15 is 0 Å². The summed E-state index contributed by atoms with van der Waals surface area (Å²) in [6.45, 7) is 2.80. The van der Waals surface area contributed by atoms with Gasteiger partial charge in [-0.15, -0.1) is 0 Å². The van der Waals surface area contributed by atoms with Crippen molar-refractivity contribution >= 4 is 42.4 Å². The molecule has 0 aliphatic carbocycles. The Hall–Kier alpha value is -2.25. The molecule has 152 valence electrons. The van der Waals surface area contributed by atoms with Crippen LogP contribution in [-0.4, -0.2) is 40.5 Å². The average Bonchev–Trinajstić information content (AvgIpc) is 2.69. The van der Waals surface area contributed by atoms with Crippen molar-refractivity contribution in [3.63, 3.8) is 0 Å². The lowest BCUT2D eigenvalue weighted by Gasteiger charge is -2.30. The number of nitrogens with one attached hydrogen (secondary N) is 1. The molecule has 0 fully saturated rings. The van der Waals surface area contributed by atoms with E-state index in [1.807, 2.05) is 6.92 Å². The molecule has 0 aliphatic rings. The number of hydrogen-bond acceptors (Lipinski definition) is 5. The average molecular weight is 412 g/mol. The summed E-state index contributed by atoms with van der Waals surface area (Å²) in [5.74, 6) is 0. The summed E-state index contributed by atoms with van der Waals surface area (Å²) < 4.78 is 33.2. The lowest BCUT2D eigenvalue weighted by molar-refractivity contribution is 0.0829. The van der Waals surface area contributed by atoms with Gasteiger partial charge in [-0.05, 0) is 44.8 Å². The smallest absolute Gasteiger partial charge is 0.264 e. The molecule has 0 amide bonds. The maximum absolute atomic E-state index is 11.4. The van der Waals surface area contributed by atoms with E-state index in [2.05, 4.69) is 59.9 Å². The van der Waals surface area contributed by atoms with E-state index in [4.69, 9.17) is 8.92 Å². The van der Waals surface area contributed by atoms with E-state index < -0.39 is 15.7 Å². The fourth-order valence-corrected chi connectivity index (χ4v) is 4.43. The second-order valence-electron chi connectivity index (χ2n) is 7.89. The number of benzene rings is 4. The monoisotopic (exact) mass is 411 g/mol. The molecule has 5 nitrogen and oxygen atoms in total. The van der Waals surface area contributed by atoms with Gasteiger partial charge in [0.25, 0.3) is 10.1 Å². The highest BCUT2D eigenvalue weighted by Gasteiger charge is 2.26. The third-order valence-electron chi connectivity index (χ3n) is 5.38. The Morgan fingerprint density at radius 1 is 0.897 bits per heavy atom. The van der Waals surface area contributed by atoms with Crippen LogP contribution in [0.4, 0.5) is 0 Å². The van der Waals surface area contributed by atoms with Crippen molar-refractivity contribution in [2.75, 3.05) is 26.6 Å². The molecule has 0 spiro atoms. The van der Waals surface area contributed by atoms with Gasteiger partial charge in [0, 0.05) is 13.7 Å². The highest BCUT2D eigenvalue weighted by molar-refractivity contribution is 7.85. The third kappa shape index (κ3) is 4.07. The van der Waals surface area contributed by atoms with Crippen molar-refractivity contribution in [2.24, 2.45) is 0 Å². The highest BCUT2D eigenvalue weighted by atomic mass is 32.2. The lowest BCUT2D eigenvalue weighted by atomic mass is 9.91. The zero-order chi connectivity index (χ0) is 20.6. The van der Waals surface area contributed by atoms with Gasteiger partial charge < -0.3 is 10.1 Å². The minimum absolute atomic E-state index is 0.00546. The molecule has 6 heteroatoms. The van der Waals surface area contributed by atoms with Crippen LogP contribution in [0.25, 0.3) is 32.3 Å². The van der Waals surface area contributed by atoms with Crippen LogP contribution >= 0.6 is 0 Å². The SMILES string of the molecule is COCC(C)(COS(C)(=O)=O)NCc1ccc2ccc3cccc4ccc1c2c34. The number of hydrogen-bond donors (Lipinski definition) is 1. The molecule has 1 N–H and O–H groups in total. The highest BCUT2D eigenvalue weighted by Crippen LogP contribution is 2.35. The third-order valence-corrected chi connectivity index (χ3v) is 5.93. The Morgan fingerprint density at radius 2 is 1.52 bits per heavy atom. The van der Waals surface area contributed by atoms with Crippen LogP contribution in [0.5, 0.6) is 0 Å². The molecule has 1 unspecified atom stereocenters. The molecule has 0 radical (unpaired) electrons. The van der Waals surface area contributed by atoms with Crippen LogP contribution in [0.15, 0.2) is 54.6 Å². The fourth-order valence-electron chi connectivity index (χ4n) is 3.96. The molecule has 0 heterocycles. The van der Waals surface area contributed by atoms with Crippen LogP contribution in [0.2, 0.25) is 0 Å². The second kappa shape index (κ2) is 7.54. The van der Waals surface area contributed by atoms with Crippen LogP contribution in [-0.2, 0) is 25.6 Å². The Morgan fingerprint density at radius 3 is 2.17 bits per heavy atom. The quantitative estimate of drug-likeness (QED) is 0.350. The normalized spacial score (nSPS) is 14.7. The topological polar surface area (TPSA) is 64.6 Å². The Labute approximate surface area is 171 Å². The van der Waals surface area contributed by atoms with Gasteiger partial charge in [-0.3, -0.25) is 4.18 Å². The first-order chi connectivity index (χ1) is 13.8. The van der Waals surface area contributed by atoms with E-state index in [-0.39, 0.29) is 6.61 Å². The van der Waals surface area contributed by atoms with E-state index in [1.54, 1.807) is 7.11 Å². The van der Waals surface area contributed by atoms with Crippen LogP contribution in [0.3, 0.4) is 0 Å². The number of ether oxygens (including phenoxy) is 1. The van der Waals surface area contributed by atoms with Gasteiger partial charge >= 0.3 is 0 Å². The van der Waals surface area contributed by atoms with Crippen molar-refractivity contribution < 1.29 is 17.3 Å². The molecule has 4 aromatic rings. The summed E-state index contributed by atoms with van der Waals surface area (Å²) in [6.07, 6.45) is 1.06. The first-order valence-corrected chi connectivity index (χ1v) is 11.4. The summed E-state index contributed by atoms with van der Waals surface area (Å²) in [4.78, 5) is 0. The van der Waals surface area contributed by atoms with Gasteiger partial charge in [0.15, 0.2) is 0 Å². The molecule has 0 aromatic heterocycles.